The van der Waals surface area contributed by atoms with E-state index in [-0.39, 0.29) is 11.9 Å². The van der Waals surface area contributed by atoms with Crippen LogP contribution in [0.5, 0.6) is 5.75 Å². The highest BCUT2D eigenvalue weighted by molar-refractivity contribution is 7.21. The number of hydrogen-bond donors (Lipinski definition) is 0. The number of hydrogen-bond acceptors (Lipinski definition) is 8. The van der Waals surface area contributed by atoms with E-state index in [0.29, 0.717) is 31.7 Å². The number of pyridine rings is 1. The average molecular weight is 503 g/mol. The third kappa shape index (κ3) is 4.80. The zero-order chi connectivity index (χ0) is 25.1. The minimum atomic E-state index is -0.490. The van der Waals surface area contributed by atoms with Gasteiger partial charge in [-0.1, -0.05) is 30.3 Å². The monoisotopic (exact) mass is 502 g/mol. The van der Waals surface area contributed by atoms with Crippen molar-refractivity contribution in [3.63, 3.8) is 0 Å². The van der Waals surface area contributed by atoms with Crippen LogP contribution < -0.4 is 4.74 Å². The summed E-state index contributed by atoms with van der Waals surface area (Å²) in [5, 5.41) is 0.800. The van der Waals surface area contributed by atoms with E-state index in [9.17, 15) is 9.59 Å². The quantitative estimate of drug-likeness (QED) is 0.368. The van der Waals surface area contributed by atoms with Gasteiger partial charge in [0.25, 0.3) is 5.91 Å². The van der Waals surface area contributed by atoms with Gasteiger partial charge >= 0.3 is 5.97 Å². The number of nitrogens with zero attached hydrogens (tertiary/aromatic N) is 4. The standard InChI is InChI=1S/C27H26N4O4S/c1-34-21-8-9-22-23(15-21)36-25(29-22)19-14-20(17-28-16-19)26(32)31-12-10-30(11-13-31)24(27(33)35-2)18-6-4-3-5-7-18/h3-9,14-17,24H,10-13H2,1-2H3. The fourth-order valence-corrected chi connectivity index (χ4v) is 5.41. The van der Waals surface area contributed by atoms with Crippen LogP contribution in [0.4, 0.5) is 0 Å². The number of rotatable bonds is 6. The van der Waals surface area contributed by atoms with Gasteiger partial charge in [-0.2, -0.15) is 0 Å². The van der Waals surface area contributed by atoms with E-state index >= 15 is 0 Å². The first-order chi connectivity index (χ1) is 17.6. The number of carbonyl (C=O) groups is 2. The van der Waals surface area contributed by atoms with Gasteiger partial charge in [0.05, 0.1) is 30.0 Å². The lowest BCUT2D eigenvalue weighted by atomic mass is 10.0. The smallest absolute Gasteiger partial charge is 0.327 e. The Morgan fingerprint density at radius 2 is 1.75 bits per heavy atom. The largest absolute Gasteiger partial charge is 0.497 e. The van der Waals surface area contributed by atoms with E-state index in [0.717, 1.165) is 32.1 Å². The molecule has 8 nitrogen and oxygen atoms in total. The molecule has 184 valence electrons. The highest BCUT2D eigenvalue weighted by Crippen LogP contribution is 2.32. The summed E-state index contributed by atoms with van der Waals surface area (Å²) in [5.74, 6) is 0.396. The fourth-order valence-electron chi connectivity index (χ4n) is 4.44. The summed E-state index contributed by atoms with van der Waals surface area (Å²) in [6.07, 6.45) is 3.32. The summed E-state index contributed by atoms with van der Waals surface area (Å²) in [5.41, 5.74) is 3.08. The molecule has 1 atom stereocenters. The zero-order valence-corrected chi connectivity index (χ0v) is 20.9. The maximum Gasteiger partial charge on any atom is 0.327 e. The predicted octanol–water partition coefficient (Wildman–Crippen LogP) is 4.04. The summed E-state index contributed by atoms with van der Waals surface area (Å²) < 4.78 is 11.4. The van der Waals surface area contributed by atoms with Crippen LogP contribution in [0.3, 0.4) is 0 Å². The second kappa shape index (κ2) is 10.4. The first-order valence-corrected chi connectivity index (χ1v) is 12.4. The van der Waals surface area contributed by atoms with Crippen LogP contribution in [-0.2, 0) is 9.53 Å². The molecule has 1 aliphatic rings. The van der Waals surface area contributed by atoms with Gasteiger partial charge in [0.1, 0.15) is 16.8 Å². The van der Waals surface area contributed by atoms with Crippen molar-refractivity contribution >= 4 is 33.4 Å². The predicted molar refractivity (Wildman–Crippen MR) is 138 cm³/mol. The van der Waals surface area contributed by atoms with Crippen molar-refractivity contribution in [2.75, 3.05) is 40.4 Å². The van der Waals surface area contributed by atoms with Crippen molar-refractivity contribution in [1.82, 2.24) is 19.8 Å². The maximum atomic E-state index is 13.3. The second-order valence-electron chi connectivity index (χ2n) is 8.48. The molecule has 1 amide bonds. The van der Waals surface area contributed by atoms with Gasteiger partial charge in [0.2, 0.25) is 0 Å². The number of ether oxygens (including phenoxy) is 2. The van der Waals surface area contributed by atoms with Crippen LogP contribution in [0, 0.1) is 0 Å². The van der Waals surface area contributed by atoms with E-state index in [1.165, 1.54) is 18.4 Å². The topological polar surface area (TPSA) is 84.9 Å². The van der Waals surface area contributed by atoms with Crippen molar-refractivity contribution in [3.8, 4) is 16.3 Å². The van der Waals surface area contributed by atoms with Crippen LogP contribution in [0.1, 0.15) is 22.0 Å². The Balaban J connectivity index is 1.30. The molecule has 5 rings (SSSR count). The Kier molecular flexibility index (Phi) is 6.92. The number of piperazine rings is 1. The van der Waals surface area contributed by atoms with Crippen LogP contribution >= 0.6 is 11.3 Å². The molecule has 0 aliphatic carbocycles. The molecule has 36 heavy (non-hydrogen) atoms. The summed E-state index contributed by atoms with van der Waals surface area (Å²) in [6, 6.07) is 16.7. The molecule has 4 aromatic rings. The van der Waals surface area contributed by atoms with E-state index in [1.54, 1.807) is 24.4 Å². The van der Waals surface area contributed by atoms with Gasteiger partial charge < -0.3 is 14.4 Å². The lowest BCUT2D eigenvalue weighted by Crippen LogP contribution is -2.51. The minimum Gasteiger partial charge on any atom is -0.497 e. The Bertz CT molecular complexity index is 1380. The number of thiazole rings is 1. The molecule has 0 N–H and O–H groups in total. The van der Waals surface area contributed by atoms with E-state index in [1.807, 2.05) is 54.6 Å². The molecule has 2 aromatic heterocycles. The Morgan fingerprint density at radius 1 is 0.972 bits per heavy atom. The first-order valence-electron chi connectivity index (χ1n) is 11.6. The summed E-state index contributed by atoms with van der Waals surface area (Å²) >= 11 is 1.54. The molecule has 1 fully saturated rings. The molecule has 0 bridgehead atoms. The molecule has 0 spiro atoms. The number of methoxy groups -OCH3 is 2. The van der Waals surface area contributed by atoms with Crippen molar-refractivity contribution in [2.24, 2.45) is 0 Å². The maximum absolute atomic E-state index is 13.3. The van der Waals surface area contributed by atoms with Crippen molar-refractivity contribution in [1.29, 1.82) is 0 Å². The number of amides is 1. The molecule has 1 aliphatic heterocycles. The third-order valence-corrected chi connectivity index (χ3v) is 7.40. The van der Waals surface area contributed by atoms with E-state index in [2.05, 4.69) is 9.88 Å². The SMILES string of the molecule is COC(=O)C(c1ccccc1)N1CCN(C(=O)c2cncc(-c3nc4ccc(OC)cc4s3)c2)CC1. The minimum absolute atomic E-state index is 0.0823. The first kappa shape index (κ1) is 23.9. The highest BCUT2D eigenvalue weighted by atomic mass is 32.1. The molecule has 0 saturated carbocycles. The average Bonchev–Trinajstić information content (AvgIpc) is 3.37. The normalized spacial score (nSPS) is 15.0. The second-order valence-corrected chi connectivity index (χ2v) is 9.51. The van der Waals surface area contributed by atoms with E-state index < -0.39 is 6.04 Å². The van der Waals surface area contributed by atoms with Crippen molar-refractivity contribution in [3.05, 3.63) is 78.1 Å². The lowest BCUT2D eigenvalue weighted by Gasteiger charge is -2.38. The molecule has 0 radical (unpaired) electrons. The van der Waals surface area contributed by atoms with Gasteiger partial charge in [0.15, 0.2) is 0 Å². The zero-order valence-electron chi connectivity index (χ0n) is 20.1. The van der Waals surface area contributed by atoms with Gasteiger partial charge in [-0.3, -0.25) is 14.7 Å². The number of benzene rings is 2. The molecule has 1 saturated heterocycles. The summed E-state index contributed by atoms with van der Waals surface area (Å²) in [6.45, 7) is 2.13. The van der Waals surface area contributed by atoms with Crippen LogP contribution in [0.2, 0.25) is 0 Å². The van der Waals surface area contributed by atoms with Crippen LogP contribution in [0.15, 0.2) is 67.0 Å². The lowest BCUT2D eigenvalue weighted by molar-refractivity contribution is -0.148. The van der Waals surface area contributed by atoms with Crippen LogP contribution in [-0.4, -0.2) is 72.0 Å². The molecule has 3 heterocycles. The van der Waals surface area contributed by atoms with Gasteiger partial charge in [-0.05, 0) is 29.8 Å². The number of esters is 1. The molecule has 9 heteroatoms. The Labute approximate surface area is 213 Å². The third-order valence-electron chi connectivity index (χ3n) is 6.33. The summed E-state index contributed by atoms with van der Waals surface area (Å²) in [4.78, 5) is 38.8. The fraction of sp³-hybridized carbons (Fsp3) is 0.259. The van der Waals surface area contributed by atoms with E-state index in [4.69, 9.17) is 14.5 Å². The molecular formula is C27H26N4O4S. The Morgan fingerprint density at radius 3 is 2.47 bits per heavy atom. The number of carbonyl (C=O) groups excluding carboxylic acids is 2. The molecular weight excluding hydrogens is 476 g/mol. The number of aromatic nitrogens is 2. The van der Waals surface area contributed by atoms with Crippen molar-refractivity contribution in [2.45, 2.75) is 6.04 Å². The van der Waals surface area contributed by atoms with Crippen LogP contribution in [0.25, 0.3) is 20.8 Å². The van der Waals surface area contributed by atoms with Gasteiger partial charge in [-0.15, -0.1) is 11.3 Å². The van der Waals surface area contributed by atoms with Crippen molar-refractivity contribution < 1.29 is 19.1 Å². The highest BCUT2D eigenvalue weighted by Gasteiger charge is 2.32. The molecule has 2 aromatic carbocycles. The van der Waals surface area contributed by atoms with Gasteiger partial charge in [-0.25, -0.2) is 9.78 Å². The molecule has 1 unspecified atom stereocenters. The number of fused-ring (bicyclic) bond motifs is 1. The van der Waals surface area contributed by atoms with Gasteiger partial charge in [0, 0.05) is 44.1 Å². The Hall–Kier alpha value is -3.82. The summed E-state index contributed by atoms with van der Waals surface area (Å²) in [7, 11) is 3.04.